The van der Waals surface area contributed by atoms with Crippen LogP contribution in [0, 0.1) is 6.92 Å². The molecule has 1 aliphatic heterocycles. The van der Waals surface area contributed by atoms with Crippen LogP contribution in [-0.4, -0.2) is 40.1 Å². The molecule has 6 heteroatoms. The standard InChI is InChI=1S/C19H23N3O3/c1-13-20-18(21-25-13)14-9-11-22(12-10-14)19(23)16-7-2-3-8-17(16)24-15-5-4-6-15/h2-3,7-8,14-15H,4-6,9-12H2,1H3. The Morgan fingerprint density at radius 1 is 1.20 bits per heavy atom. The molecule has 0 N–H and O–H groups in total. The lowest BCUT2D eigenvalue weighted by atomic mass is 9.95. The monoisotopic (exact) mass is 341 g/mol. The van der Waals surface area contributed by atoms with Gasteiger partial charge in [0.15, 0.2) is 5.82 Å². The topological polar surface area (TPSA) is 68.5 Å². The lowest BCUT2D eigenvalue weighted by Crippen LogP contribution is -2.38. The quantitative estimate of drug-likeness (QED) is 0.853. The maximum atomic E-state index is 13.0. The normalized spacial score (nSPS) is 18.8. The van der Waals surface area contributed by atoms with Gasteiger partial charge in [-0.15, -0.1) is 0 Å². The third-order valence-electron chi connectivity index (χ3n) is 5.15. The second-order valence-electron chi connectivity index (χ2n) is 6.90. The van der Waals surface area contributed by atoms with Crippen LogP contribution in [0.4, 0.5) is 0 Å². The van der Waals surface area contributed by atoms with E-state index in [1.165, 1.54) is 6.42 Å². The molecule has 1 aliphatic carbocycles. The molecule has 0 bridgehead atoms. The molecule has 2 aliphatic rings. The number of aryl methyl sites for hydroxylation is 1. The van der Waals surface area contributed by atoms with E-state index >= 15 is 0 Å². The first-order chi connectivity index (χ1) is 12.2. The summed E-state index contributed by atoms with van der Waals surface area (Å²) in [5, 5.41) is 4.02. The molecule has 1 saturated heterocycles. The van der Waals surface area contributed by atoms with Crippen molar-refractivity contribution in [3.8, 4) is 5.75 Å². The van der Waals surface area contributed by atoms with Crippen molar-refractivity contribution in [2.75, 3.05) is 13.1 Å². The number of hydrogen-bond donors (Lipinski definition) is 0. The summed E-state index contributed by atoms with van der Waals surface area (Å²) in [5.41, 5.74) is 0.670. The van der Waals surface area contributed by atoms with E-state index < -0.39 is 0 Å². The van der Waals surface area contributed by atoms with Crippen LogP contribution in [0.15, 0.2) is 28.8 Å². The van der Waals surface area contributed by atoms with Crippen molar-refractivity contribution in [1.29, 1.82) is 0 Å². The first kappa shape index (κ1) is 16.1. The van der Waals surface area contributed by atoms with Crippen LogP contribution in [0.25, 0.3) is 0 Å². The number of ether oxygens (including phenoxy) is 1. The third-order valence-corrected chi connectivity index (χ3v) is 5.15. The molecular formula is C19H23N3O3. The number of hydrogen-bond acceptors (Lipinski definition) is 5. The molecule has 132 valence electrons. The zero-order valence-corrected chi connectivity index (χ0v) is 14.5. The van der Waals surface area contributed by atoms with Gasteiger partial charge in [-0.1, -0.05) is 17.3 Å². The van der Waals surface area contributed by atoms with E-state index in [2.05, 4.69) is 10.1 Å². The number of carbonyl (C=O) groups excluding carboxylic acids is 1. The molecule has 0 atom stereocenters. The number of aromatic nitrogens is 2. The van der Waals surface area contributed by atoms with Crippen molar-refractivity contribution in [1.82, 2.24) is 15.0 Å². The van der Waals surface area contributed by atoms with Gasteiger partial charge in [0.2, 0.25) is 5.89 Å². The Morgan fingerprint density at radius 3 is 2.60 bits per heavy atom. The number of rotatable bonds is 4. The van der Waals surface area contributed by atoms with Crippen molar-refractivity contribution in [3.05, 3.63) is 41.5 Å². The van der Waals surface area contributed by atoms with Gasteiger partial charge >= 0.3 is 0 Å². The average Bonchev–Trinajstić information content (AvgIpc) is 3.04. The first-order valence-electron chi connectivity index (χ1n) is 9.06. The Labute approximate surface area is 147 Å². The number of para-hydroxylation sites is 1. The number of amides is 1. The molecule has 4 rings (SSSR count). The zero-order chi connectivity index (χ0) is 17.2. The number of piperidine rings is 1. The lowest BCUT2D eigenvalue weighted by molar-refractivity contribution is 0.0694. The summed E-state index contributed by atoms with van der Waals surface area (Å²) < 4.78 is 11.1. The number of likely N-dealkylation sites (tertiary alicyclic amines) is 1. The smallest absolute Gasteiger partial charge is 0.257 e. The summed E-state index contributed by atoms with van der Waals surface area (Å²) >= 11 is 0. The molecule has 1 aromatic carbocycles. The molecule has 25 heavy (non-hydrogen) atoms. The fourth-order valence-corrected chi connectivity index (χ4v) is 3.41. The summed E-state index contributed by atoms with van der Waals surface area (Å²) in [6, 6.07) is 7.59. The minimum absolute atomic E-state index is 0.0534. The maximum Gasteiger partial charge on any atom is 0.257 e. The first-order valence-corrected chi connectivity index (χ1v) is 9.06. The number of benzene rings is 1. The highest BCUT2D eigenvalue weighted by molar-refractivity contribution is 5.97. The molecular weight excluding hydrogens is 318 g/mol. The van der Waals surface area contributed by atoms with Gasteiger partial charge in [-0.3, -0.25) is 4.79 Å². The van der Waals surface area contributed by atoms with E-state index in [9.17, 15) is 4.79 Å². The van der Waals surface area contributed by atoms with Crippen molar-refractivity contribution in [3.63, 3.8) is 0 Å². The van der Waals surface area contributed by atoms with Crippen LogP contribution in [0.2, 0.25) is 0 Å². The minimum Gasteiger partial charge on any atom is -0.490 e. The van der Waals surface area contributed by atoms with Gasteiger partial charge in [0.25, 0.3) is 5.91 Å². The van der Waals surface area contributed by atoms with Crippen molar-refractivity contribution in [2.24, 2.45) is 0 Å². The number of nitrogens with zero attached hydrogens (tertiary/aromatic N) is 3. The van der Waals surface area contributed by atoms with Gasteiger partial charge in [0, 0.05) is 25.9 Å². The largest absolute Gasteiger partial charge is 0.490 e. The molecule has 2 aromatic rings. The summed E-state index contributed by atoms with van der Waals surface area (Å²) in [7, 11) is 0. The van der Waals surface area contributed by atoms with Gasteiger partial charge < -0.3 is 14.2 Å². The minimum atomic E-state index is 0.0534. The van der Waals surface area contributed by atoms with E-state index in [1.807, 2.05) is 29.2 Å². The highest BCUT2D eigenvalue weighted by Gasteiger charge is 2.29. The van der Waals surface area contributed by atoms with Crippen LogP contribution >= 0.6 is 0 Å². The van der Waals surface area contributed by atoms with Crippen LogP contribution in [0.1, 0.15) is 60.1 Å². The molecule has 2 heterocycles. The van der Waals surface area contributed by atoms with Gasteiger partial charge in [0.1, 0.15) is 5.75 Å². The molecule has 0 radical (unpaired) electrons. The molecule has 0 unspecified atom stereocenters. The SMILES string of the molecule is Cc1nc(C2CCN(C(=O)c3ccccc3OC3CCC3)CC2)no1. The van der Waals surface area contributed by atoms with Crippen molar-refractivity contribution in [2.45, 2.75) is 51.0 Å². The van der Waals surface area contributed by atoms with Gasteiger partial charge in [-0.05, 0) is 44.2 Å². The van der Waals surface area contributed by atoms with Crippen LogP contribution in [0.3, 0.4) is 0 Å². The van der Waals surface area contributed by atoms with Gasteiger partial charge in [-0.2, -0.15) is 4.98 Å². The predicted octanol–water partition coefficient (Wildman–Crippen LogP) is 3.33. The predicted molar refractivity (Wildman–Crippen MR) is 91.6 cm³/mol. The maximum absolute atomic E-state index is 13.0. The van der Waals surface area contributed by atoms with E-state index in [0.717, 1.165) is 31.5 Å². The molecule has 2 fully saturated rings. The van der Waals surface area contributed by atoms with E-state index in [-0.39, 0.29) is 17.9 Å². The summed E-state index contributed by atoms with van der Waals surface area (Å²) in [6.07, 6.45) is 5.35. The second kappa shape index (κ2) is 6.86. The Morgan fingerprint density at radius 2 is 1.96 bits per heavy atom. The van der Waals surface area contributed by atoms with E-state index in [1.54, 1.807) is 6.92 Å². The number of carbonyl (C=O) groups is 1. The summed E-state index contributed by atoms with van der Waals surface area (Å²) in [4.78, 5) is 19.2. The molecule has 0 spiro atoms. The van der Waals surface area contributed by atoms with Gasteiger partial charge in [0.05, 0.1) is 11.7 Å². The molecule has 1 amide bonds. The fourth-order valence-electron chi connectivity index (χ4n) is 3.41. The van der Waals surface area contributed by atoms with E-state index in [0.29, 0.717) is 30.3 Å². The Hall–Kier alpha value is -2.37. The second-order valence-corrected chi connectivity index (χ2v) is 6.90. The molecule has 1 aromatic heterocycles. The Bertz CT molecular complexity index is 746. The fraction of sp³-hybridized carbons (Fsp3) is 0.526. The lowest BCUT2D eigenvalue weighted by Gasteiger charge is -2.32. The highest BCUT2D eigenvalue weighted by atomic mass is 16.5. The summed E-state index contributed by atoms with van der Waals surface area (Å²) in [6.45, 7) is 3.21. The van der Waals surface area contributed by atoms with E-state index in [4.69, 9.17) is 9.26 Å². The molecule has 1 saturated carbocycles. The van der Waals surface area contributed by atoms with Crippen molar-refractivity contribution >= 4 is 5.91 Å². The van der Waals surface area contributed by atoms with Gasteiger partial charge in [-0.25, -0.2) is 0 Å². The summed E-state index contributed by atoms with van der Waals surface area (Å²) in [5.74, 6) is 2.39. The molecule has 6 nitrogen and oxygen atoms in total. The Kier molecular flexibility index (Phi) is 4.42. The van der Waals surface area contributed by atoms with Crippen LogP contribution < -0.4 is 4.74 Å². The highest BCUT2D eigenvalue weighted by Crippen LogP contribution is 2.30. The van der Waals surface area contributed by atoms with Crippen LogP contribution in [0.5, 0.6) is 5.75 Å². The Balaban J connectivity index is 1.42. The van der Waals surface area contributed by atoms with Crippen LogP contribution in [-0.2, 0) is 0 Å². The zero-order valence-electron chi connectivity index (χ0n) is 14.5. The average molecular weight is 341 g/mol. The third kappa shape index (κ3) is 3.38. The van der Waals surface area contributed by atoms with Crippen molar-refractivity contribution < 1.29 is 14.1 Å².